The van der Waals surface area contributed by atoms with Gasteiger partial charge in [0.15, 0.2) is 5.69 Å². The fourth-order valence-electron chi connectivity index (χ4n) is 9.27. The molecule has 3 heteroatoms. The van der Waals surface area contributed by atoms with Gasteiger partial charge < -0.3 is 0 Å². The van der Waals surface area contributed by atoms with Crippen molar-refractivity contribution in [3.05, 3.63) is 18.0 Å². The quantitative estimate of drug-likeness (QED) is 0.417. The number of aromatic nitrogens is 2. The van der Waals surface area contributed by atoms with Crippen LogP contribution in [-0.2, 0) is 6.54 Å². The highest BCUT2D eigenvalue weighted by Gasteiger charge is 2.60. The van der Waals surface area contributed by atoms with Crippen molar-refractivity contribution in [1.29, 1.82) is 5.26 Å². The molecule has 36 heavy (non-hydrogen) atoms. The van der Waals surface area contributed by atoms with Gasteiger partial charge in [-0.15, -0.1) is 0 Å². The summed E-state index contributed by atoms with van der Waals surface area (Å²) in [7, 11) is 0. The fraction of sp³-hybridized carbons (Fsp3) is 0.879. The van der Waals surface area contributed by atoms with Gasteiger partial charge in [0.2, 0.25) is 0 Å². The van der Waals surface area contributed by atoms with Crippen LogP contribution in [-0.4, -0.2) is 9.78 Å². The van der Waals surface area contributed by atoms with Crippen molar-refractivity contribution in [2.24, 2.45) is 45.8 Å². The van der Waals surface area contributed by atoms with E-state index in [4.69, 9.17) is 5.26 Å². The smallest absolute Gasteiger partial charge is 0.162 e. The lowest BCUT2D eigenvalue weighted by molar-refractivity contribution is -0.129. The Morgan fingerprint density at radius 1 is 0.944 bits per heavy atom. The second-order valence-corrected chi connectivity index (χ2v) is 13.4. The minimum atomic E-state index is 0.530. The molecule has 1 aromatic rings. The maximum absolute atomic E-state index is 9.06. The highest BCUT2D eigenvalue weighted by Crippen LogP contribution is 2.69. The molecule has 204 valence electrons. The zero-order valence-electron chi connectivity index (χ0n) is 25.1. The predicted octanol–water partition coefficient (Wildman–Crippen LogP) is 9.66. The topological polar surface area (TPSA) is 41.6 Å². The first kappa shape index (κ1) is 29.3. The molecule has 0 N–H and O–H groups in total. The Kier molecular flexibility index (Phi) is 9.79. The summed E-state index contributed by atoms with van der Waals surface area (Å²) in [4.78, 5) is 0. The summed E-state index contributed by atoms with van der Waals surface area (Å²) in [6.45, 7) is 19.6. The molecule has 5 rings (SSSR count). The Morgan fingerprint density at radius 2 is 1.64 bits per heavy atom. The van der Waals surface area contributed by atoms with E-state index < -0.39 is 0 Å². The largest absolute Gasteiger partial charge is 0.271 e. The average Bonchev–Trinajstić information content (AvgIpc) is 3.48. The van der Waals surface area contributed by atoms with E-state index in [1.807, 2.05) is 30.8 Å². The van der Waals surface area contributed by atoms with E-state index in [9.17, 15) is 0 Å². The monoisotopic (exact) mass is 495 g/mol. The SMILES string of the molecule is CC.CCC.CC[C@@]1(C)CCC2(C)C(CCC3C4CCC(CCn5ccc(C#N)n5)C4(C)CCC32)C1. The van der Waals surface area contributed by atoms with Crippen LogP contribution >= 0.6 is 0 Å². The van der Waals surface area contributed by atoms with Gasteiger partial charge in [-0.25, -0.2) is 0 Å². The lowest BCUT2D eigenvalue weighted by Gasteiger charge is -2.62. The minimum absolute atomic E-state index is 0.530. The third kappa shape index (κ3) is 5.44. The molecular formula is C33H57N3. The molecule has 3 nitrogen and oxygen atoms in total. The summed E-state index contributed by atoms with van der Waals surface area (Å²) in [6, 6.07) is 4.01. The van der Waals surface area contributed by atoms with Crippen LogP contribution in [0.4, 0.5) is 0 Å². The van der Waals surface area contributed by atoms with Crippen molar-refractivity contribution in [3.8, 4) is 6.07 Å². The van der Waals surface area contributed by atoms with Gasteiger partial charge in [-0.1, -0.05) is 68.2 Å². The van der Waals surface area contributed by atoms with Crippen LogP contribution in [0.5, 0.6) is 0 Å². The Balaban J connectivity index is 0.000000674. The average molecular weight is 496 g/mol. The highest BCUT2D eigenvalue weighted by molar-refractivity contribution is 5.16. The number of rotatable bonds is 4. The lowest BCUT2D eigenvalue weighted by atomic mass is 9.43. The Bertz CT molecular complexity index is 867. The van der Waals surface area contributed by atoms with Crippen molar-refractivity contribution in [2.45, 2.75) is 139 Å². The Hall–Kier alpha value is -1.30. The van der Waals surface area contributed by atoms with E-state index in [-0.39, 0.29) is 0 Å². The van der Waals surface area contributed by atoms with Crippen molar-refractivity contribution < 1.29 is 0 Å². The molecule has 1 aromatic heterocycles. The third-order valence-electron chi connectivity index (χ3n) is 11.6. The summed E-state index contributed by atoms with van der Waals surface area (Å²) < 4.78 is 2.00. The molecule has 0 saturated heterocycles. The van der Waals surface area contributed by atoms with E-state index in [1.54, 1.807) is 0 Å². The minimum Gasteiger partial charge on any atom is -0.271 e. The van der Waals surface area contributed by atoms with Gasteiger partial charge in [-0.2, -0.15) is 10.4 Å². The Labute approximate surface area is 223 Å². The number of hydrogen-bond donors (Lipinski definition) is 0. The normalized spacial score (nSPS) is 40.8. The number of fused-ring (bicyclic) bond motifs is 5. The van der Waals surface area contributed by atoms with E-state index >= 15 is 0 Å². The second-order valence-electron chi connectivity index (χ2n) is 13.4. The van der Waals surface area contributed by atoms with Gasteiger partial charge in [0.25, 0.3) is 0 Å². The summed E-state index contributed by atoms with van der Waals surface area (Å²) in [5, 5.41) is 13.5. The molecule has 1 heterocycles. The first-order valence-corrected chi connectivity index (χ1v) is 15.7. The van der Waals surface area contributed by atoms with Gasteiger partial charge in [0.1, 0.15) is 6.07 Å². The molecule has 0 amide bonds. The lowest BCUT2D eigenvalue weighted by Crippen LogP contribution is -2.54. The van der Waals surface area contributed by atoms with Crippen LogP contribution in [0, 0.1) is 57.2 Å². The van der Waals surface area contributed by atoms with Crippen LogP contribution in [0.1, 0.15) is 138 Å². The van der Waals surface area contributed by atoms with Crippen LogP contribution in [0.2, 0.25) is 0 Å². The van der Waals surface area contributed by atoms with E-state index in [0.717, 1.165) is 36.1 Å². The Morgan fingerprint density at radius 3 is 2.28 bits per heavy atom. The van der Waals surface area contributed by atoms with E-state index in [1.165, 1.54) is 77.0 Å². The summed E-state index contributed by atoms with van der Waals surface area (Å²) in [6.07, 6.45) is 19.0. The molecule has 0 aromatic carbocycles. The summed E-state index contributed by atoms with van der Waals surface area (Å²) >= 11 is 0. The molecule has 8 atom stereocenters. The molecule has 0 spiro atoms. The first-order chi connectivity index (χ1) is 17.2. The zero-order chi connectivity index (χ0) is 26.6. The molecule has 4 aliphatic carbocycles. The van der Waals surface area contributed by atoms with Gasteiger partial charge in [-0.3, -0.25) is 4.68 Å². The molecule has 0 aliphatic heterocycles. The van der Waals surface area contributed by atoms with Gasteiger partial charge in [0, 0.05) is 12.7 Å². The first-order valence-electron chi connectivity index (χ1n) is 15.7. The number of hydrogen-bond acceptors (Lipinski definition) is 2. The molecule has 0 radical (unpaired) electrons. The van der Waals surface area contributed by atoms with Crippen molar-refractivity contribution in [2.75, 3.05) is 0 Å². The van der Waals surface area contributed by atoms with E-state index in [0.29, 0.717) is 21.9 Å². The molecule has 4 fully saturated rings. The highest BCUT2D eigenvalue weighted by atomic mass is 15.3. The fourth-order valence-corrected chi connectivity index (χ4v) is 9.27. The molecule has 0 bridgehead atoms. The number of aryl methyl sites for hydroxylation is 1. The maximum Gasteiger partial charge on any atom is 0.162 e. The van der Waals surface area contributed by atoms with Crippen molar-refractivity contribution in [1.82, 2.24) is 9.78 Å². The second kappa shape index (κ2) is 12.0. The maximum atomic E-state index is 9.06. The van der Waals surface area contributed by atoms with Gasteiger partial charge in [-0.05, 0) is 116 Å². The molecule has 4 aliphatic rings. The van der Waals surface area contributed by atoms with Crippen molar-refractivity contribution in [3.63, 3.8) is 0 Å². The third-order valence-corrected chi connectivity index (χ3v) is 11.6. The van der Waals surface area contributed by atoms with Gasteiger partial charge >= 0.3 is 0 Å². The molecular weight excluding hydrogens is 438 g/mol. The van der Waals surface area contributed by atoms with Crippen LogP contribution in [0.15, 0.2) is 12.3 Å². The van der Waals surface area contributed by atoms with Crippen molar-refractivity contribution >= 4 is 0 Å². The zero-order valence-corrected chi connectivity index (χ0v) is 25.1. The standard InChI is InChI=1S/C28H43N3.C3H8.C2H6/c1-5-26(2)14-15-28(4)21(18-26)6-8-23-24-9-7-20(27(24,3)13-10-25(23)28)11-16-31-17-12-22(19-29)30-31;1-3-2;1-2/h12,17,20-21,23-25H,5-11,13-16,18H2,1-4H3;3H2,1-2H3;1-2H3/t20?,21?,23?,24?,25?,26-,27?,28?;;/m0../s1. The number of nitriles is 1. The van der Waals surface area contributed by atoms with Gasteiger partial charge in [0.05, 0.1) is 0 Å². The summed E-state index contributed by atoms with van der Waals surface area (Å²) in [5.74, 6) is 4.71. The predicted molar refractivity (Wildman–Crippen MR) is 152 cm³/mol. The van der Waals surface area contributed by atoms with Crippen LogP contribution < -0.4 is 0 Å². The molecule has 4 saturated carbocycles. The van der Waals surface area contributed by atoms with E-state index in [2.05, 4.69) is 52.7 Å². The summed E-state index contributed by atoms with van der Waals surface area (Å²) in [5.41, 5.74) is 2.30. The molecule has 7 unspecified atom stereocenters. The van der Waals surface area contributed by atoms with Crippen LogP contribution in [0.25, 0.3) is 0 Å². The number of nitrogens with zero attached hydrogens (tertiary/aromatic N) is 3. The van der Waals surface area contributed by atoms with Crippen LogP contribution in [0.3, 0.4) is 0 Å².